The van der Waals surface area contributed by atoms with Crippen LogP contribution < -0.4 is 10.2 Å². The monoisotopic (exact) mass is 315 g/mol. The van der Waals surface area contributed by atoms with Crippen LogP contribution in [0, 0.1) is 0 Å². The second kappa shape index (κ2) is 7.81. The number of likely N-dealkylation sites (tertiary alicyclic amines) is 1. The Bertz CT molecular complexity index is 570. The lowest BCUT2D eigenvalue weighted by Crippen LogP contribution is -2.45. The van der Waals surface area contributed by atoms with E-state index >= 15 is 0 Å². The first kappa shape index (κ1) is 17.1. The third-order valence-corrected chi connectivity index (χ3v) is 4.12. The highest BCUT2D eigenvalue weighted by molar-refractivity contribution is 5.92. The normalized spacial score (nSPS) is 15.7. The molecule has 2 rings (SSSR count). The Morgan fingerprint density at radius 2 is 1.78 bits per heavy atom. The van der Waals surface area contributed by atoms with E-state index < -0.39 is 0 Å². The second-order valence-electron chi connectivity index (χ2n) is 6.11. The maximum atomic E-state index is 12.0. The van der Waals surface area contributed by atoms with Crippen molar-refractivity contribution in [3.63, 3.8) is 0 Å². The number of nitrogens with zero attached hydrogens (tertiary/aromatic N) is 2. The lowest BCUT2D eigenvalue weighted by molar-refractivity contribution is -0.129. The summed E-state index contributed by atoms with van der Waals surface area (Å²) in [5.74, 6) is 0.0267. The molecule has 5 heteroatoms. The fourth-order valence-electron chi connectivity index (χ4n) is 2.64. The molecule has 1 fully saturated rings. The van der Waals surface area contributed by atoms with Gasteiger partial charge in [-0.25, -0.2) is 0 Å². The van der Waals surface area contributed by atoms with Crippen molar-refractivity contribution < 1.29 is 9.59 Å². The van der Waals surface area contributed by atoms with E-state index in [0.29, 0.717) is 0 Å². The summed E-state index contributed by atoms with van der Waals surface area (Å²) in [4.78, 5) is 27.1. The molecule has 0 unspecified atom stereocenters. The van der Waals surface area contributed by atoms with Crippen LogP contribution in [-0.2, 0) is 9.59 Å². The summed E-state index contributed by atoms with van der Waals surface area (Å²) in [6.45, 7) is 3.02. The van der Waals surface area contributed by atoms with Crippen molar-refractivity contribution in [3.8, 4) is 0 Å². The summed E-state index contributed by atoms with van der Waals surface area (Å²) in [5.41, 5.74) is 2.13. The minimum atomic E-state index is -0.0806. The number of benzene rings is 1. The quantitative estimate of drug-likeness (QED) is 0.863. The highest BCUT2D eigenvalue weighted by Gasteiger charge is 2.21. The molecule has 1 aliphatic rings. The Labute approximate surface area is 138 Å². The lowest BCUT2D eigenvalue weighted by Gasteiger charge is -2.31. The van der Waals surface area contributed by atoms with Crippen molar-refractivity contribution in [1.82, 2.24) is 10.2 Å². The van der Waals surface area contributed by atoms with Gasteiger partial charge in [0.05, 0.1) is 0 Å². The van der Waals surface area contributed by atoms with E-state index in [4.69, 9.17) is 0 Å². The molecule has 0 spiro atoms. The molecule has 0 bridgehead atoms. The number of anilines is 1. The number of hydrogen-bond acceptors (Lipinski definition) is 3. The van der Waals surface area contributed by atoms with Crippen molar-refractivity contribution in [2.24, 2.45) is 0 Å². The third-order valence-electron chi connectivity index (χ3n) is 4.12. The molecule has 0 atom stereocenters. The molecule has 0 aromatic heterocycles. The van der Waals surface area contributed by atoms with Crippen molar-refractivity contribution in [2.45, 2.75) is 25.8 Å². The first-order valence-electron chi connectivity index (χ1n) is 7.97. The molecule has 1 heterocycles. The number of carbonyl (C=O) groups excluding carboxylic acids is 2. The summed E-state index contributed by atoms with van der Waals surface area (Å²) in [6.07, 6.45) is 5.02. The number of nitrogens with one attached hydrogen (secondary N) is 1. The van der Waals surface area contributed by atoms with E-state index in [0.717, 1.165) is 37.2 Å². The van der Waals surface area contributed by atoms with Gasteiger partial charge in [-0.05, 0) is 36.6 Å². The van der Waals surface area contributed by atoms with Gasteiger partial charge in [-0.3, -0.25) is 9.59 Å². The molecule has 2 amide bonds. The Morgan fingerprint density at radius 1 is 1.17 bits per heavy atom. The van der Waals surface area contributed by atoms with Gasteiger partial charge in [-0.15, -0.1) is 0 Å². The van der Waals surface area contributed by atoms with Crippen LogP contribution in [0.1, 0.15) is 25.3 Å². The smallest absolute Gasteiger partial charge is 0.244 e. The van der Waals surface area contributed by atoms with Crippen LogP contribution in [-0.4, -0.2) is 49.9 Å². The van der Waals surface area contributed by atoms with Gasteiger partial charge in [-0.1, -0.05) is 12.1 Å². The van der Waals surface area contributed by atoms with Gasteiger partial charge in [-0.2, -0.15) is 0 Å². The molecule has 0 saturated carbocycles. The number of carbonyl (C=O) groups is 2. The molecule has 1 N–H and O–H groups in total. The molecule has 0 radical (unpaired) electrons. The Balaban J connectivity index is 1.81. The maximum absolute atomic E-state index is 12.0. The summed E-state index contributed by atoms with van der Waals surface area (Å²) in [7, 11) is 3.99. The number of piperidine rings is 1. The highest BCUT2D eigenvalue weighted by atomic mass is 16.2. The largest absolute Gasteiger partial charge is 0.378 e. The van der Waals surface area contributed by atoms with Crippen LogP contribution >= 0.6 is 0 Å². The zero-order chi connectivity index (χ0) is 16.8. The van der Waals surface area contributed by atoms with E-state index in [1.165, 1.54) is 0 Å². The molecular formula is C18H25N3O2. The van der Waals surface area contributed by atoms with E-state index in [-0.39, 0.29) is 17.9 Å². The molecule has 1 aromatic carbocycles. The molecule has 5 nitrogen and oxygen atoms in total. The van der Waals surface area contributed by atoms with Crippen molar-refractivity contribution in [3.05, 3.63) is 35.9 Å². The fraction of sp³-hybridized carbons (Fsp3) is 0.444. The molecule has 23 heavy (non-hydrogen) atoms. The minimum Gasteiger partial charge on any atom is -0.378 e. The predicted molar refractivity (Wildman–Crippen MR) is 93.2 cm³/mol. The Morgan fingerprint density at radius 3 is 2.30 bits per heavy atom. The van der Waals surface area contributed by atoms with Gasteiger partial charge in [0.2, 0.25) is 11.8 Å². The van der Waals surface area contributed by atoms with Gasteiger partial charge < -0.3 is 15.1 Å². The van der Waals surface area contributed by atoms with Crippen LogP contribution in [0.2, 0.25) is 0 Å². The maximum Gasteiger partial charge on any atom is 0.244 e. The second-order valence-corrected chi connectivity index (χ2v) is 6.11. The molecule has 0 aliphatic carbocycles. The van der Waals surface area contributed by atoms with Crippen molar-refractivity contribution in [2.75, 3.05) is 32.1 Å². The summed E-state index contributed by atoms with van der Waals surface area (Å²) in [5, 5.41) is 3.01. The zero-order valence-corrected chi connectivity index (χ0v) is 14.1. The number of amides is 2. The van der Waals surface area contributed by atoms with Crippen LogP contribution in [0.5, 0.6) is 0 Å². The number of hydrogen-bond donors (Lipinski definition) is 1. The van der Waals surface area contributed by atoms with Crippen molar-refractivity contribution >= 4 is 23.6 Å². The molecule has 1 aromatic rings. The van der Waals surface area contributed by atoms with Crippen LogP contribution in [0.25, 0.3) is 6.08 Å². The molecular weight excluding hydrogens is 290 g/mol. The first-order valence-corrected chi connectivity index (χ1v) is 7.97. The van der Waals surface area contributed by atoms with Gasteiger partial charge in [0, 0.05) is 51.9 Å². The third kappa shape index (κ3) is 5.13. The van der Waals surface area contributed by atoms with Crippen LogP contribution in [0.3, 0.4) is 0 Å². The van der Waals surface area contributed by atoms with Crippen LogP contribution in [0.4, 0.5) is 5.69 Å². The van der Waals surface area contributed by atoms with E-state index in [9.17, 15) is 9.59 Å². The Kier molecular flexibility index (Phi) is 5.79. The predicted octanol–water partition coefficient (Wildman–Crippen LogP) is 1.89. The molecule has 1 aliphatic heterocycles. The topological polar surface area (TPSA) is 52.7 Å². The number of rotatable bonds is 4. The first-order chi connectivity index (χ1) is 11.0. The summed E-state index contributed by atoms with van der Waals surface area (Å²) in [6, 6.07) is 8.18. The zero-order valence-electron chi connectivity index (χ0n) is 14.1. The van der Waals surface area contributed by atoms with Gasteiger partial charge >= 0.3 is 0 Å². The summed E-state index contributed by atoms with van der Waals surface area (Å²) < 4.78 is 0. The van der Waals surface area contributed by atoms with Gasteiger partial charge in [0.25, 0.3) is 0 Å². The molecule has 1 saturated heterocycles. The SMILES string of the molecule is CC(=O)N1CCC(NC(=O)/C=C/c2ccc(N(C)C)cc2)CC1. The highest BCUT2D eigenvalue weighted by Crippen LogP contribution is 2.13. The Hall–Kier alpha value is -2.30. The van der Waals surface area contributed by atoms with Crippen molar-refractivity contribution in [1.29, 1.82) is 0 Å². The van der Waals surface area contributed by atoms with Crippen LogP contribution in [0.15, 0.2) is 30.3 Å². The average Bonchev–Trinajstić information content (AvgIpc) is 2.54. The average molecular weight is 315 g/mol. The lowest BCUT2D eigenvalue weighted by atomic mass is 10.0. The summed E-state index contributed by atoms with van der Waals surface area (Å²) >= 11 is 0. The minimum absolute atomic E-state index is 0.0806. The van der Waals surface area contributed by atoms with Gasteiger partial charge in [0.1, 0.15) is 0 Å². The van der Waals surface area contributed by atoms with E-state index in [1.807, 2.05) is 54.2 Å². The standard InChI is InChI=1S/C18H25N3O2/c1-14(22)21-12-10-16(11-13-21)19-18(23)9-6-15-4-7-17(8-5-15)20(2)3/h4-9,16H,10-13H2,1-3H3,(H,19,23)/b9-6+. The van der Waals surface area contributed by atoms with E-state index in [2.05, 4.69) is 5.32 Å². The molecule has 124 valence electrons. The fourth-order valence-corrected chi connectivity index (χ4v) is 2.64. The van der Waals surface area contributed by atoms with Gasteiger partial charge in [0.15, 0.2) is 0 Å². The van der Waals surface area contributed by atoms with E-state index in [1.54, 1.807) is 13.0 Å².